The van der Waals surface area contributed by atoms with Gasteiger partial charge in [0.1, 0.15) is 12.4 Å². The number of aliphatic hydroxyl groups is 1. The minimum atomic E-state index is -0.355. The molecular weight excluding hydrogens is 220 g/mol. The fourth-order valence-electron chi connectivity index (χ4n) is 1.35. The van der Waals surface area contributed by atoms with Crippen LogP contribution in [0.5, 0.6) is 5.75 Å². The van der Waals surface area contributed by atoms with Crippen LogP contribution in [0.15, 0.2) is 22.7 Å². The van der Waals surface area contributed by atoms with Gasteiger partial charge in [0.2, 0.25) is 0 Å². The monoisotopic (exact) mass is 228 g/mol. The molecular formula is C9H9BrO2. The van der Waals surface area contributed by atoms with E-state index in [-0.39, 0.29) is 6.10 Å². The van der Waals surface area contributed by atoms with Crippen LogP contribution >= 0.6 is 15.9 Å². The molecule has 2 nitrogen and oxygen atoms in total. The summed E-state index contributed by atoms with van der Waals surface area (Å²) in [5.74, 6) is 0.892. The molecule has 0 fully saturated rings. The van der Waals surface area contributed by atoms with Crippen molar-refractivity contribution in [2.45, 2.75) is 12.5 Å². The molecule has 1 aromatic carbocycles. The number of fused-ring (bicyclic) bond motifs is 1. The maximum absolute atomic E-state index is 9.31. The Morgan fingerprint density at radius 1 is 1.50 bits per heavy atom. The predicted octanol–water partition coefficient (Wildman–Crippen LogP) is 1.74. The molecule has 1 aliphatic heterocycles. The molecule has 0 spiro atoms. The molecule has 1 atom stereocenters. The topological polar surface area (TPSA) is 29.5 Å². The van der Waals surface area contributed by atoms with Gasteiger partial charge < -0.3 is 9.84 Å². The fourth-order valence-corrected chi connectivity index (χ4v) is 1.76. The molecule has 1 aliphatic rings. The molecule has 64 valence electrons. The third kappa shape index (κ3) is 1.47. The van der Waals surface area contributed by atoms with Crippen LogP contribution in [0, 0.1) is 0 Å². The van der Waals surface area contributed by atoms with Gasteiger partial charge in [0.05, 0.1) is 6.10 Å². The lowest BCUT2D eigenvalue weighted by molar-refractivity contribution is 0.0921. The Kier molecular flexibility index (Phi) is 2.07. The van der Waals surface area contributed by atoms with E-state index < -0.39 is 0 Å². The molecule has 0 aromatic heterocycles. The summed E-state index contributed by atoms with van der Waals surface area (Å²) in [4.78, 5) is 0. The van der Waals surface area contributed by atoms with Gasteiger partial charge in [-0.15, -0.1) is 0 Å². The third-order valence-electron chi connectivity index (χ3n) is 1.91. The molecule has 3 heteroatoms. The predicted molar refractivity (Wildman–Crippen MR) is 49.3 cm³/mol. The van der Waals surface area contributed by atoms with Crippen LogP contribution in [-0.4, -0.2) is 17.8 Å². The van der Waals surface area contributed by atoms with Crippen molar-refractivity contribution in [3.63, 3.8) is 0 Å². The van der Waals surface area contributed by atoms with Crippen molar-refractivity contribution in [1.82, 2.24) is 0 Å². The summed E-state index contributed by atoms with van der Waals surface area (Å²) in [7, 11) is 0. The number of hydrogen-bond acceptors (Lipinski definition) is 2. The fraction of sp³-hybridized carbons (Fsp3) is 0.333. The van der Waals surface area contributed by atoms with Crippen molar-refractivity contribution in [2.75, 3.05) is 6.61 Å². The molecule has 0 saturated carbocycles. The second-order valence-electron chi connectivity index (χ2n) is 2.92. The summed E-state index contributed by atoms with van der Waals surface area (Å²) in [5, 5.41) is 9.31. The molecule has 12 heavy (non-hydrogen) atoms. The average Bonchev–Trinajstić information content (AvgIpc) is 2.03. The zero-order valence-electron chi connectivity index (χ0n) is 6.46. The van der Waals surface area contributed by atoms with E-state index in [0.717, 1.165) is 15.8 Å². The van der Waals surface area contributed by atoms with E-state index in [9.17, 15) is 5.11 Å². The van der Waals surface area contributed by atoms with Gasteiger partial charge in [0, 0.05) is 10.9 Å². The van der Waals surface area contributed by atoms with E-state index in [1.54, 1.807) is 0 Å². The molecule has 0 unspecified atom stereocenters. The van der Waals surface area contributed by atoms with Crippen LogP contribution < -0.4 is 4.74 Å². The van der Waals surface area contributed by atoms with Crippen LogP contribution in [0.3, 0.4) is 0 Å². The Bertz CT molecular complexity index is 299. The summed E-state index contributed by atoms with van der Waals surface area (Å²) >= 11 is 3.37. The number of ether oxygens (including phenoxy) is 1. The van der Waals surface area contributed by atoms with Gasteiger partial charge in [-0.05, 0) is 23.8 Å². The molecule has 2 rings (SSSR count). The number of benzene rings is 1. The van der Waals surface area contributed by atoms with Gasteiger partial charge >= 0.3 is 0 Å². The summed E-state index contributed by atoms with van der Waals surface area (Å²) in [6.07, 6.45) is 0.334. The lowest BCUT2D eigenvalue weighted by atomic mass is 10.1. The Balaban J connectivity index is 2.37. The van der Waals surface area contributed by atoms with Crippen LogP contribution in [0.25, 0.3) is 0 Å². The molecule has 0 saturated heterocycles. The highest BCUT2D eigenvalue weighted by Gasteiger charge is 2.16. The number of hydrogen-bond donors (Lipinski definition) is 1. The Hall–Kier alpha value is -0.540. The highest BCUT2D eigenvalue weighted by Crippen LogP contribution is 2.27. The second-order valence-corrected chi connectivity index (χ2v) is 3.84. The van der Waals surface area contributed by atoms with E-state index in [0.29, 0.717) is 13.0 Å². The van der Waals surface area contributed by atoms with Gasteiger partial charge in [-0.25, -0.2) is 0 Å². The number of aliphatic hydroxyl groups excluding tert-OH is 1. The zero-order chi connectivity index (χ0) is 8.55. The zero-order valence-corrected chi connectivity index (χ0v) is 8.04. The Morgan fingerprint density at radius 3 is 3.17 bits per heavy atom. The molecule has 1 heterocycles. The van der Waals surface area contributed by atoms with Gasteiger partial charge in [0.25, 0.3) is 0 Å². The van der Waals surface area contributed by atoms with Crippen molar-refractivity contribution in [1.29, 1.82) is 0 Å². The molecule has 0 aliphatic carbocycles. The third-order valence-corrected chi connectivity index (χ3v) is 2.40. The molecule has 0 amide bonds. The van der Waals surface area contributed by atoms with Gasteiger partial charge in [-0.3, -0.25) is 0 Å². The first-order chi connectivity index (χ1) is 5.75. The average molecular weight is 229 g/mol. The van der Waals surface area contributed by atoms with Gasteiger partial charge in [-0.2, -0.15) is 0 Å². The minimum Gasteiger partial charge on any atom is -0.491 e. The van der Waals surface area contributed by atoms with Crippen LogP contribution in [0.1, 0.15) is 5.56 Å². The first kappa shape index (κ1) is 8.08. The minimum absolute atomic E-state index is 0.355. The van der Waals surface area contributed by atoms with Crippen LogP contribution in [0.2, 0.25) is 0 Å². The van der Waals surface area contributed by atoms with E-state index >= 15 is 0 Å². The van der Waals surface area contributed by atoms with Crippen molar-refractivity contribution in [3.8, 4) is 5.75 Å². The normalized spacial score (nSPS) is 21.3. The first-order valence-corrected chi connectivity index (χ1v) is 4.64. The second kappa shape index (κ2) is 3.07. The summed E-state index contributed by atoms with van der Waals surface area (Å²) in [5.41, 5.74) is 1.07. The quantitative estimate of drug-likeness (QED) is 0.734. The largest absolute Gasteiger partial charge is 0.491 e. The molecule has 1 aromatic rings. The molecule has 0 radical (unpaired) electrons. The highest BCUT2D eigenvalue weighted by molar-refractivity contribution is 9.10. The lowest BCUT2D eigenvalue weighted by Gasteiger charge is -2.21. The van der Waals surface area contributed by atoms with Crippen LogP contribution in [-0.2, 0) is 6.42 Å². The number of halogens is 1. The SMILES string of the molecule is O[C@H]1COc2ccc(Br)cc2C1. The van der Waals surface area contributed by atoms with Gasteiger partial charge in [-0.1, -0.05) is 15.9 Å². The first-order valence-electron chi connectivity index (χ1n) is 3.85. The highest BCUT2D eigenvalue weighted by atomic mass is 79.9. The smallest absolute Gasteiger partial charge is 0.122 e. The van der Waals surface area contributed by atoms with Gasteiger partial charge in [0.15, 0.2) is 0 Å². The van der Waals surface area contributed by atoms with E-state index in [2.05, 4.69) is 15.9 Å². The Labute approximate surface area is 79.3 Å². The summed E-state index contributed by atoms with van der Waals surface area (Å²) in [6.45, 7) is 0.411. The number of rotatable bonds is 0. The van der Waals surface area contributed by atoms with Crippen molar-refractivity contribution in [2.24, 2.45) is 0 Å². The summed E-state index contributed by atoms with van der Waals surface area (Å²) < 4.78 is 6.35. The maximum Gasteiger partial charge on any atom is 0.122 e. The lowest BCUT2D eigenvalue weighted by Crippen LogP contribution is -2.25. The van der Waals surface area contributed by atoms with Crippen molar-refractivity contribution in [3.05, 3.63) is 28.2 Å². The van der Waals surface area contributed by atoms with Crippen LogP contribution in [0.4, 0.5) is 0 Å². The molecule has 1 N–H and O–H groups in total. The van der Waals surface area contributed by atoms with Crippen molar-refractivity contribution < 1.29 is 9.84 Å². The molecule has 0 bridgehead atoms. The maximum atomic E-state index is 9.31. The van der Waals surface area contributed by atoms with E-state index in [1.165, 1.54) is 0 Å². The Morgan fingerprint density at radius 2 is 2.33 bits per heavy atom. The van der Waals surface area contributed by atoms with E-state index in [4.69, 9.17) is 4.74 Å². The van der Waals surface area contributed by atoms with Crippen molar-refractivity contribution >= 4 is 15.9 Å². The summed E-state index contributed by atoms with van der Waals surface area (Å²) in [6, 6.07) is 5.85. The van der Waals surface area contributed by atoms with E-state index in [1.807, 2.05) is 18.2 Å². The standard InChI is InChI=1S/C9H9BrO2/c10-7-1-2-9-6(3-7)4-8(11)5-12-9/h1-3,8,11H,4-5H2/t8-/m1/s1.